The lowest BCUT2D eigenvalue weighted by molar-refractivity contribution is 0.416. The Bertz CT molecular complexity index is 816. The van der Waals surface area contributed by atoms with Crippen LogP contribution in [-0.2, 0) is 0 Å². The molecule has 2 heterocycles. The maximum atomic E-state index is 5.88. The van der Waals surface area contributed by atoms with Crippen molar-refractivity contribution in [1.82, 2.24) is 24.6 Å². The normalized spacial score (nSPS) is 11.0. The maximum Gasteiger partial charge on any atom is 0.258 e. The van der Waals surface area contributed by atoms with Gasteiger partial charge in [-0.05, 0) is 30.9 Å². The van der Waals surface area contributed by atoms with Gasteiger partial charge in [0.25, 0.3) is 5.78 Å². The van der Waals surface area contributed by atoms with Crippen molar-refractivity contribution in [2.45, 2.75) is 12.1 Å². The number of anilines is 1. The van der Waals surface area contributed by atoms with Gasteiger partial charge in [0, 0.05) is 0 Å². The zero-order chi connectivity index (χ0) is 15.0. The highest BCUT2D eigenvalue weighted by molar-refractivity contribution is 7.98. The van der Waals surface area contributed by atoms with E-state index in [1.807, 2.05) is 31.4 Å². The van der Waals surface area contributed by atoms with Crippen LogP contribution in [-0.4, -0.2) is 37.9 Å². The number of benzene rings is 1. The Morgan fingerprint density at radius 3 is 2.76 bits per heavy atom. The van der Waals surface area contributed by atoms with Crippen molar-refractivity contribution in [3.63, 3.8) is 0 Å². The van der Waals surface area contributed by atoms with Crippen LogP contribution in [0.15, 0.2) is 23.4 Å². The molecule has 7 nitrogen and oxygen atoms in total. The molecule has 0 bridgehead atoms. The van der Waals surface area contributed by atoms with Gasteiger partial charge in [-0.15, -0.1) is 5.10 Å². The standard InChI is InChI=1S/C13H14N6OS/c1-7-4-5-8(9(6-7)20-2)10-15-12-17-13(21-3)16-11(14)19(12)18-10/h4-6H,1-3H3,(H2,14,15,16,17,18). The molecule has 8 heteroatoms. The van der Waals surface area contributed by atoms with Gasteiger partial charge in [-0.2, -0.15) is 19.5 Å². The van der Waals surface area contributed by atoms with E-state index in [1.54, 1.807) is 7.11 Å². The number of methoxy groups -OCH3 is 1. The molecule has 0 saturated heterocycles. The fraction of sp³-hybridized carbons (Fsp3) is 0.231. The van der Waals surface area contributed by atoms with E-state index in [0.717, 1.165) is 11.1 Å². The molecule has 3 rings (SSSR count). The predicted octanol–water partition coefficient (Wildman–Crippen LogP) is 1.81. The molecule has 0 aliphatic rings. The van der Waals surface area contributed by atoms with Gasteiger partial charge < -0.3 is 10.5 Å². The third kappa shape index (κ3) is 2.38. The van der Waals surface area contributed by atoms with E-state index in [0.29, 0.717) is 22.5 Å². The van der Waals surface area contributed by atoms with Crippen LogP contribution in [0.2, 0.25) is 0 Å². The lowest BCUT2D eigenvalue weighted by Crippen LogP contribution is -2.04. The van der Waals surface area contributed by atoms with Gasteiger partial charge in [-0.25, -0.2) is 0 Å². The molecule has 2 aromatic heterocycles. The van der Waals surface area contributed by atoms with Gasteiger partial charge in [0.2, 0.25) is 5.95 Å². The smallest absolute Gasteiger partial charge is 0.258 e. The second kappa shape index (κ2) is 5.21. The molecule has 0 unspecified atom stereocenters. The summed E-state index contributed by atoms with van der Waals surface area (Å²) in [5, 5.41) is 4.93. The molecule has 1 aromatic carbocycles. The average molecular weight is 302 g/mol. The van der Waals surface area contributed by atoms with Crippen LogP contribution >= 0.6 is 11.8 Å². The molecule has 0 saturated carbocycles. The van der Waals surface area contributed by atoms with Crippen molar-refractivity contribution in [2.24, 2.45) is 0 Å². The molecule has 0 fully saturated rings. The SMILES string of the molecule is COc1cc(C)ccc1-c1nc2nc(SC)nc(N)n2n1. The number of ether oxygens (including phenoxy) is 1. The number of rotatable bonds is 3. The quantitative estimate of drug-likeness (QED) is 0.738. The number of nitrogens with zero attached hydrogens (tertiary/aromatic N) is 5. The first-order chi connectivity index (χ1) is 10.1. The summed E-state index contributed by atoms with van der Waals surface area (Å²) in [5.41, 5.74) is 7.77. The molecule has 2 N–H and O–H groups in total. The number of aryl methyl sites for hydroxylation is 1. The number of hydrogen-bond acceptors (Lipinski definition) is 7. The van der Waals surface area contributed by atoms with Crippen LogP contribution < -0.4 is 10.5 Å². The summed E-state index contributed by atoms with van der Waals surface area (Å²) in [6.45, 7) is 2.00. The Balaban J connectivity index is 2.20. The molecule has 0 amide bonds. The number of nitrogen functional groups attached to an aromatic ring is 1. The zero-order valence-electron chi connectivity index (χ0n) is 11.9. The summed E-state index contributed by atoms with van der Waals surface area (Å²) < 4.78 is 6.82. The third-order valence-corrected chi connectivity index (χ3v) is 3.54. The fourth-order valence-electron chi connectivity index (χ4n) is 1.97. The van der Waals surface area contributed by atoms with Gasteiger partial charge in [0.05, 0.1) is 12.7 Å². The summed E-state index contributed by atoms with van der Waals surface area (Å²) in [6.07, 6.45) is 1.88. The first-order valence-electron chi connectivity index (χ1n) is 6.21. The molecule has 108 valence electrons. The highest BCUT2D eigenvalue weighted by atomic mass is 32.2. The topological polar surface area (TPSA) is 91.2 Å². The minimum Gasteiger partial charge on any atom is -0.496 e. The van der Waals surface area contributed by atoms with E-state index in [9.17, 15) is 0 Å². The molecule has 3 aromatic rings. The van der Waals surface area contributed by atoms with Gasteiger partial charge in [0.15, 0.2) is 11.0 Å². The second-order valence-electron chi connectivity index (χ2n) is 4.42. The number of hydrogen-bond donors (Lipinski definition) is 1. The number of nitrogens with two attached hydrogens (primary N) is 1. The zero-order valence-corrected chi connectivity index (χ0v) is 12.7. The van der Waals surface area contributed by atoms with Gasteiger partial charge in [0.1, 0.15) is 5.75 Å². The van der Waals surface area contributed by atoms with Crippen molar-refractivity contribution < 1.29 is 4.74 Å². The van der Waals surface area contributed by atoms with Crippen molar-refractivity contribution >= 4 is 23.5 Å². The van der Waals surface area contributed by atoms with E-state index in [2.05, 4.69) is 20.1 Å². The maximum absolute atomic E-state index is 5.88. The highest BCUT2D eigenvalue weighted by Gasteiger charge is 2.15. The van der Waals surface area contributed by atoms with Crippen molar-refractivity contribution in [2.75, 3.05) is 19.1 Å². The summed E-state index contributed by atoms with van der Waals surface area (Å²) in [5.74, 6) is 1.90. The first kappa shape index (κ1) is 13.6. The lowest BCUT2D eigenvalue weighted by Gasteiger charge is -2.05. The Hall–Kier alpha value is -2.35. The van der Waals surface area contributed by atoms with Gasteiger partial charge >= 0.3 is 0 Å². The minimum atomic E-state index is 0.258. The molecule has 0 aliphatic carbocycles. The second-order valence-corrected chi connectivity index (χ2v) is 5.19. The third-order valence-electron chi connectivity index (χ3n) is 2.99. The van der Waals surface area contributed by atoms with Gasteiger partial charge in [-0.1, -0.05) is 17.8 Å². The number of aromatic nitrogens is 5. The summed E-state index contributed by atoms with van der Waals surface area (Å²) in [4.78, 5) is 12.9. The molecule has 0 radical (unpaired) electrons. The van der Waals surface area contributed by atoms with Crippen LogP contribution in [0.4, 0.5) is 5.95 Å². The highest BCUT2D eigenvalue weighted by Crippen LogP contribution is 2.29. The van der Waals surface area contributed by atoms with Crippen molar-refractivity contribution in [3.05, 3.63) is 23.8 Å². The molecule has 21 heavy (non-hydrogen) atoms. The average Bonchev–Trinajstić information content (AvgIpc) is 2.91. The summed E-state index contributed by atoms with van der Waals surface area (Å²) in [6, 6.07) is 5.83. The molecule has 0 spiro atoms. The molecular formula is C13H14N6OS. The van der Waals surface area contributed by atoms with Crippen LogP contribution in [0.5, 0.6) is 5.75 Å². The molecule has 0 aliphatic heterocycles. The Morgan fingerprint density at radius 2 is 2.05 bits per heavy atom. The molecular weight excluding hydrogens is 288 g/mol. The Morgan fingerprint density at radius 1 is 1.24 bits per heavy atom. The van der Waals surface area contributed by atoms with E-state index in [-0.39, 0.29) is 5.95 Å². The van der Waals surface area contributed by atoms with E-state index in [4.69, 9.17) is 10.5 Å². The predicted molar refractivity (Wildman–Crippen MR) is 81.5 cm³/mol. The van der Waals surface area contributed by atoms with Crippen LogP contribution in [0.25, 0.3) is 17.2 Å². The van der Waals surface area contributed by atoms with Crippen molar-refractivity contribution in [3.8, 4) is 17.1 Å². The lowest BCUT2D eigenvalue weighted by atomic mass is 10.1. The van der Waals surface area contributed by atoms with E-state index < -0.39 is 0 Å². The number of fused-ring (bicyclic) bond motifs is 1. The van der Waals surface area contributed by atoms with E-state index >= 15 is 0 Å². The van der Waals surface area contributed by atoms with Crippen molar-refractivity contribution in [1.29, 1.82) is 0 Å². The van der Waals surface area contributed by atoms with Crippen LogP contribution in [0, 0.1) is 6.92 Å². The Kier molecular flexibility index (Phi) is 3.38. The summed E-state index contributed by atoms with van der Waals surface area (Å²) in [7, 11) is 1.62. The van der Waals surface area contributed by atoms with Gasteiger partial charge in [-0.3, -0.25) is 0 Å². The monoisotopic (exact) mass is 302 g/mol. The fourth-order valence-corrected chi connectivity index (χ4v) is 2.33. The molecule has 0 atom stereocenters. The summed E-state index contributed by atoms with van der Waals surface area (Å²) >= 11 is 1.40. The first-order valence-corrected chi connectivity index (χ1v) is 7.44. The largest absolute Gasteiger partial charge is 0.496 e. The van der Waals surface area contributed by atoms with Crippen LogP contribution in [0.1, 0.15) is 5.56 Å². The Labute approximate surface area is 125 Å². The minimum absolute atomic E-state index is 0.258. The van der Waals surface area contributed by atoms with E-state index in [1.165, 1.54) is 16.3 Å². The number of thioether (sulfide) groups is 1. The van der Waals surface area contributed by atoms with Crippen LogP contribution in [0.3, 0.4) is 0 Å².